The summed E-state index contributed by atoms with van der Waals surface area (Å²) in [5.74, 6) is 0.637. The Morgan fingerprint density at radius 1 is 1.05 bits per heavy atom. The molecule has 0 amide bonds. The summed E-state index contributed by atoms with van der Waals surface area (Å²) in [5.41, 5.74) is 0.940. The monoisotopic (exact) mass is 345 g/mol. The molecule has 4 nitrogen and oxygen atoms in total. The van der Waals surface area contributed by atoms with Crippen LogP contribution < -0.4 is 9.46 Å². The number of hydrogen-bond donors (Lipinski definition) is 1. The Labute approximate surface area is 133 Å². The maximum Gasteiger partial charge on any atom is 0.263 e. The van der Waals surface area contributed by atoms with Crippen LogP contribution in [0.3, 0.4) is 0 Å². The van der Waals surface area contributed by atoms with Crippen molar-refractivity contribution in [2.24, 2.45) is 0 Å². The molecule has 0 saturated carbocycles. The fraction of sp³-hybridized carbons (Fsp3) is 0.143. The van der Waals surface area contributed by atoms with E-state index in [4.69, 9.17) is 27.9 Å². The number of sulfonamides is 1. The average molecular weight is 346 g/mol. The number of methoxy groups -OCH3 is 1. The van der Waals surface area contributed by atoms with Gasteiger partial charge in [-0.3, -0.25) is 4.72 Å². The molecule has 0 spiro atoms. The molecular weight excluding hydrogens is 333 g/mol. The summed E-state index contributed by atoms with van der Waals surface area (Å²) < 4.78 is 32.2. The average Bonchev–Trinajstić information content (AvgIpc) is 2.45. The molecular formula is C14H13Cl2NO3S. The van der Waals surface area contributed by atoms with Gasteiger partial charge in [-0.1, -0.05) is 23.2 Å². The van der Waals surface area contributed by atoms with Gasteiger partial charge in [-0.2, -0.15) is 0 Å². The summed E-state index contributed by atoms with van der Waals surface area (Å²) in [6, 6.07) is 9.41. The van der Waals surface area contributed by atoms with Crippen LogP contribution in [0.4, 0.5) is 5.69 Å². The van der Waals surface area contributed by atoms with Gasteiger partial charge in [0.25, 0.3) is 10.0 Å². The van der Waals surface area contributed by atoms with Crippen LogP contribution in [0, 0.1) is 6.92 Å². The third kappa shape index (κ3) is 3.43. The van der Waals surface area contributed by atoms with Crippen LogP contribution in [0.1, 0.15) is 5.56 Å². The predicted molar refractivity (Wildman–Crippen MR) is 85.0 cm³/mol. The highest BCUT2D eigenvalue weighted by molar-refractivity contribution is 7.92. The van der Waals surface area contributed by atoms with E-state index in [0.29, 0.717) is 22.0 Å². The van der Waals surface area contributed by atoms with Gasteiger partial charge in [0.05, 0.1) is 12.1 Å². The molecule has 0 aliphatic rings. The van der Waals surface area contributed by atoms with Gasteiger partial charge in [0.15, 0.2) is 0 Å². The lowest BCUT2D eigenvalue weighted by molar-refractivity contribution is 0.415. The van der Waals surface area contributed by atoms with Crippen molar-refractivity contribution in [3.8, 4) is 5.75 Å². The van der Waals surface area contributed by atoms with E-state index in [2.05, 4.69) is 4.72 Å². The number of nitrogens with one attached hydrogen (secondary N) is 1. The molecule has 0 unspecified atom stereocenters. The fourth-order valence-corrected chi connectivity index (χ4v) is 3.58. The first kappa shape index (κ1) is 15.9. The van der Waals surface area contributed by atoms with Crippen molar-refractivity contribution < 1.29 is 13.2 Å². The Morgan fingerprint density at radius 3 is 2.24 bits per heavy atom. The molecule has 2 rings (SSSR count). The Balaban J connectivity index is 2.36. The van der Waals surface area contributed by atoms with Gasteiger partial charge >= 0.3 is 0 Å². The van der Waals surface area contributed by atoms with Crippen LogP contribution in [0.2, 0.25) is 10.0 Å². The number of benzene rings is 2. The van der Waals surface area contributed by atoms with Gasteiger partial charge in [-0.05, 0) is 48.9 Å². The third-order valence-electron chi connectivity index (χ3n) is 2.92. The molecule has 0 aromatic heterocycles. The molecule has 7 heteroatoms. The van der Waals surface area contributed by atoms with E-state index in [-0.39, 0.29) is 9.92 Å². The summed E-state index contributed by atoms with van der Waals surface area (Å²) in [6.45, 7) is 1.66. The largest absolute Gasteiger partial charge is 0.497 e. The molecule has 0 atom stereocenters. The second kappa shape index (κ2) is 6.13. The minimum Gasteiger partial charge on any atom is -0.497 e. The highest BCUT2D eigenvalue weighted by Crippen LogP contribution is 2.31. The maximum atomic E-state index is 12.4. The minimum absolute atomic E-state index is 0.0121. The molecule has 1 N–H and O–H groups in total. The molecule has 21 heavy (non-hydrogen) atoms. The van der Waals surface area contributed by atoms with Crippen LogP contribution in [0.15, 0.2) is 41.3 Å². The Hall–Kier alpha value is -1.43. The number of ether oxygens (including phenoxy) is 1. The molecule has 2 aromatic carbocycles. The zero-order chi connectivity index (χ0) is 15.6. The lowest BCUT2D eigenvalue weighted by atomic mass is 10.2. The summed E-state index contributed by atoms with van der Waals surface area (Å²) in [4.78, 5) is -0.0121. The van der Waals surface area contributed by atoms with Crippen LogP contribution >= 0.6 is 23.2 Å². The molecule has 0 bridgehead atoms. The first-order valence-corrected chi connectivity index (χ1v) is 8.20. The molecule has 112 valence electrons. The maximum absolute atomic E-state index is 12.4. The van der Waals surface area contributed by atoms with Crippen molar-refractivity contribution >= 4 is 38.9 Å². The zero-order valence-corrected chi connectivity index (χ0v) is 13.7. The Morgan fingerprint density at radius 2 is 1.67 bits per heavy atom. The van der Waals surface area contributed by atoms with Crippen molar-refractivity contribution in [2.45, 2.75) is 11.8 Å². The van der Waals surface area contributed by atoms with Gasteiger partial charge in [0.1, 0.15) is 10.6 Å². The van der Waals surface area contributed by atoms with Crippen molar-refractivity contribution in [1.82, 2.24) is 0 Å². The van der Waals surface area contributed by atoms with E-state index in [9.17, 15) is 8.42 Å². The van der Waals surface area contributed by atoms with Gasteiger partial charge in [0.2, 0.25) is 0 Å². The second-order valence-corrected chi connectivity index (χ2v) is 6.75. The van der Waals surface area contributed by atoms with E-state index in [1.807, 2.05) is 0 Å². The van der Waals surface area contributed by atoms with E-state index in [1.165, 1.54) is 19.2 Å². The quantitative estimate of drug-likeness (QED) is 0.906. The lowest BCUT2D eigenvalue weighted by Crippen LogP contribution is -2.13. The van der Waals surface area contributed by atoms with Gasteiger partial charge in [-0.15, -0.1) is 0 Å². The van der Waals surface area contributed by atoms with Crippen molar-refractivity contribution in [3.63, 3.8) is 0 Å². The fourth-order valence-electron chi connectivity index (χ4n) is 1.71. The van der Waals surface area contributed by atoms with Crippen molar-refractivity contribution in [3.05, 3.63) is 52.0 Å². The molecule has 2 aromatic rings. The standard InChI is InChI=1S/C14H13Cl2NO3S/c1-9-12(15)7-8-13(14(9)16)21(18,19)17-10-3-5-11(20-2)6-4-10/h3-8,17H,1-2H3. The van der Waals surface area contributed by atoms with E-state index in [0.717, 1.165) is 0 Å². The van der Waals surface area contributed by atoms with Crippen molar-refractivity contribution in [1.29, 1.82) is 0 Å². The molecule has 0 radical (unpaired) electrons. The van der Waals surface area contributed by atoms with Crippen LogP contribution in [0.5, 0.6) is 5.75 Å². The van der Waals surface area contributed by atoms with Gasteiger partial charge in [-0.25, -0.2) is 8.42 Å². The van der Waals surface area contributed by atoms with Crippen LogP contribution in [-0.4, -0.2) is 15.5 Å². The molecule has 0 saturated heterocycles. The first-order valence-electron chi connectivity index (χ1n) is 5.96. The summed E-state index contributed by atoms with van der Waals surface area (Å²) >= 11 is 12.0. The van der Waals surface area contributed by atoms with Crippen LogP contribution in [0.25, 0.3) is 0 Å². The summed E-state index contributed by atoms with van der Waals surface area (Å²) in [5, 5.41) is 0.534. The number of hydrogen-bond acceptors (Lipinski definition) is 3. The number of anilines is 1. The first-order chi connectivity index (χ1) is 9.85. The topological polar surface area (TPSA) is 55.4 Å². The molecule has 0 fully saturated rings. The SMILES string of the molecule is COc1ccc(NS(=O)(=O)c2ccc(Cl)c(C)c2Cl)cc1. The smallest absolute Gasteiger partial charge is 0.263 e. The minimum atomic E-state index is -3.78. The second-order valence-electron chi connectivity index (χ2n) is 4.32. The molecule has 0 aliphatic carbocycles. The normalized spacial score (nSPS) is 11.2. The predicted octanol–water partition coefficient (Wildman–Crippen LogP) is 4.11. The lowest BCUT2D eigenvalue weighted by Gasteiger charge is -2.12. The Bertz CT molecular complexity index is 759. The van der Waals surface area contributed by atoms with E-state index >= 15 is 0 Å². The van der Waals surface area contributed by atoms with Gasteiger partial charge in [0, 0.05) is 10.7 Å². The van der Waals surface area contributed by atoms with E-state index in [1.54, 1.807) is 31.2 Å². The van der Waals surface area contributed by atoms with Crippen LogP contribution in [-0.2, 0) is 10.0 Å². The zero-order valence-electron chi connectivity index (χ0n) is 11.4. The summed E-state index contributed by atoms with van der Waals surface area (Å²) in [6.07, 6.45) is 0. The third-order valence-corrected chi connectivity index (χ3v) is 5.35. The number of halogens is 2. The van der Waals surface area contributed by atoms with E-state index < -0.39 is 10.0 Å². The number of rotatable bonds is 4. The Kier molecular flexibility index (Phi) is 4.66. The molecule has 0 aliphatic heterocycles. The highest BCUT2D eigenvalue weighted by atomic mass is 35.5. The summed E-state index contributed by atoms with van der Waals surface area (Å²) in [7, 11) is -2.25. The molecule has 0 heterocycles. The highest BCUT2D eigenvalue weighted by Gasteiger charge is 2.20. The van der Waals surface area contributed by atoms with Crippen molar-refractivity contribution in [2.75, 3.05) is 11.8 Å². The van der Waals surface area contributed by atoms with Gasteiger partial charge < -0.3 is 4.74 Å².